The maximum absolute atomic E-state index is 6.20. The van der Waals surface area contributed by atoms with Gasteiger partial charge in [0.25, 0.3) is 0 Å². The summed E-state index contributed by atoms with van der Waals surface area (Å²) in [5.74, 6) is 3.17. The van der Waals surface area contributed by atoms with E-state index in [2.05, 4.69) is 37.7 Å². The minimum atomic E-state index is 0.251. The van der Waals surface area contributed by atoms with Gasteiger partial charge >= 0.3 is 0 Å². The van der Waals surface area contributed by atoms with Crippen LogP contribution >= 0.6 is 11.6 Å². The molecule has 1 aromatic heterocycles. The SMILES string of the molecule is Cc1c(Cl)nc(C(C)C)nc1OC1CCC(C)C(C)C1. The summed E-state index contributed by atoms with van der Waals surface area (Å²) < 4.78 is 6.14. The van der Waals surface area contributed by atoms with Crippen LogP contribution in [0.25, 0.3) is 0 Å². The second-order valence-electron chi connectivity index (χ2n) is 6.46. The predicted octanol–water partition coefficient (Wildman–Crippen LogP) is 4.77. The van der Waals surface area contributed by atoms with E-state index >= 15 is 0 Å². The van der Waals surface area contributed by atoms with Crippen LogP contribution in [0.4, 0.5) is 0 Å². The van der Waals surface area contributed by atoms with Gasteiger partial charge in [-0.15, -0.1) is 0 Å². The Kier molecular flexibility index (Phi) is 4.90. The van der Waals surface area contributed by atoms with Crippen molar-refractivity contribution in [2.24, 2.45) is 11.8 Å². The van der Waals surface area contributed by atoms with E-state index in [-0.39, 0.29) is 12.0 Å². The summed E-state index contributed by atoms with van der Waals surface area (Å²) in [5, 5.41) is 0.510. The molecule has 3 atom stereocenters. The third kappa shape index (κ3) is 3.43. The number of hydrogen-bond acceptors (Lipinski definition) is 3. The van der Waals surface area contributed by atoms with Crippen molar-refractivity contribution in [3.8, 4) is 5.88 Å². The molecule has 3 nitrogen and oxygen atoms in total. The van der Waals surface area contributed by atoms with Gasteiger partial charge in [0.2, 0.25) is 5.88 Å². The fourth-order valence-electron chi connectivity index (χ4n) is 2.62. The fraction of sp³-hybridized carbons (Fsp3) is 0.750. The molecule has 2 rings (SSSR count). The third-order valence-electron chi connectivity index (χ3n) is 4.40. The topological polar surface area (TPSA) is 35.0 Å². The number of nitrogens with zero attached hydrogens (tertiary/aromatic N) is 2. The second kappa shape index (κ2) is 6.30. The largest absolute Gasteiger partial charge is 0.474 e. The molecule has 0 saturated heterocycles. The van der Waals surface area contributed by atoms with E-state index in [1.165, 1.54) is 6.42 Å². The number of aromatic nitrogens is 2. The quantitative estimate of drug-likeness (QED) is 0.754. The van der Waals surface area contributed by atoms with E-state index in [1.807, 2.05) is 6.92 Å². The van der Waals surface area contributed by atoms with E-state index in [0.717, 1.165) is 30.1 Å². The first-order valence-electron chi connectivity index (χ1n) is 7.59. The average molecular weight is 297 g/mol. The van der Waals surface area contributed by atoms with Gasteiger partial charge in [0, 0.05) is 11.5 Å². The van der Waals surface area contributed by atoms with Gasteiger partial charge in [-0.2, -0.15) is 4.98 Å². The van der Waals surface area contributed by atoms with Crippen LogP contribution in [0.5, 0.6) is 5.88 Å². The lowest BCUT2D eigenvalue weighted by Crippen LogP contribution is -2.29. The van der Waals surface area contributed by atoms with Crippen molar-refractivity contribution in [2.75, 3.05) is 0 Å². The Morgan fingerprint density at radius 1 is 1.15 bits per heavy atom. The first-order valence-corrected chi connectivity index (χ1v) is 7.97. The molecule has 1 heterocycles. The van der Waals surface area contributed by atoms with Crippen LogP contribution in [0.1, 0.15) is 64.3 Å². The van der Waals surface area contributed by atoms with Crippen LogP contribution in [0, 0.1) is 18.8 Å². The predicted molar refractivity (Wildman–Crippen MR) is 82.5 cm³/mol. The highest BCUT2D eigenvalue weighted by Crippen LogP contribution is 2.33. The lowest BCUT2D eigenvalue weighted by molar-refractivity contribution is 0.0953. The van der Waals surface area contributed by atoms with E-state index in [0.29, 0.717) is 17.0 Å². The number of ether oxygens (including phenoxy) is 1. The average Bonchev–Trinajstić information content (AvgIpc) is 2.38. The molecule has 112 valence electrons. The third-order valence-corrected chi connectivity index (χ3v) is 4.77. The number of rotatable bonds is 3. The van der Waals surface area contributed by atoms with Gasteiger partial charge in [-0.1, -0.05) is 39.3 Å². The smallest absolute Gasteiger partial charge is 0.221 e. The maximum atomic E-state index is 6.20. The highest BCUT2D eigenvalue weighted by Gasteiger charge is 2.27. The van der Waals surface area contributed by atoms with Crippen molar-refractivity contribution in [1.82, 2.24) is 9.97 Å². The standard InChI is InChI=1S/C16H25ClN2O/c1-9(2)15-18-14(17)12(5)16(19-15)20-13-7-6-10(3)11(4)8-13/h9-11,13H,6-8H2,1-5H3. The molecule has 0 spiro atoms. The molecule has 0 bridgehead atoms. The van der Waals surface area contributed by atoms with Crippen molar-refractivity contribution in [1.29, 1.82) is 0 Å². The summed E-state index contributed by atoms with van der Waals surface area (Å²) in [6.45, 7) is 10.7. The Balaban J connectivity index is 2.16. The molecule has 0 aliphatic heterocycles. The van der Waals surface area contributed by atoms with Crippen LogP contribution in [-0.2, 0) is 0 Å². The van der Waals surface area contributed by atoms with Crippen molar-refractivity contribution in [3.63, 3.8) is 0 Å². The van der Waals surface area contributed by atoms with Gasteiger partial charge in [-0.25, -0.2) is 4.98 Å². The molecule has 1 saturated carbocycles. The molecule has 0 radical (unpaired) electrons. The minimum absolute atomic E-state index is 0.251. The van der Waals surface area contributed by atoms with Gasteiger partial charge in [0.1, 0.15) is 17.1 Å². The fourth-order valence-corrected chi connectivity index (χ4v) is 2.79. The van der Waals surface area contributed by atoms with Gasteiger partial charge in [0.15, 0.2) is 0 Å². The monoisotopic (exact) mass is 296 g/mol. The lowest BCUT2D eigenvalue weighted by Gasteiger charge is -2.32. The summed E-state index contributed by atoms with van der Waals surface area (Å²) in [4.78, 5) is 8.88. The molecular formula is C16H25ClN2O. The van der Waals surface area contributed by atoms with Crippen LogP contribution in [-0.4, -0.2) is 16.1 Å². The van der Waals surface area contributed by atoms with Gasteiger partial charge in [0.05, 0.1) is 0 Å². The highest BCUT2D eigenvalue weighted by molar-refractivity contribution is 6.30. The van der Waals surface area contributed by atoms with Crippen molar-refractivity contribution in [3.05, 3.63) is 16.5 Å². The zero-order chi connectivity index (χ0) is 14.9. The Labute approximate surface area is 127 Å². The van der Waals surface area contributed by atoms with Gasteiger partial charge in [-0.3, -0.25) is 0 Å². The minimum Gasteiger partial charge on any atom is -0.474 e. The van der Waals surface area contributed by atoms with E-state index in [1.54, 1.807) is 0 Å². The summed E-state index contributed by atoms with van der Waals surface area (Å²) in [6.07, 6.45) is 3.68. The summed E-state index contributed by atoms with van der Waals surface area (Å²) in [5.41, 5.74) is 0.849. The second-order valence-corrected chi connectivity index (χ2v) is 6.82. The molecule has 0 aromatic carbocycles. The first kappa shape index (κ1) is 15.6. The Morgan fingerprint density at radius 3 is 2.45 bits per heavy atom. The molecule has 1 aromatic rings. The molecule has 3 unspecified atom stereocenters. The highest BCUT2D eigenvalue weighted by atomic mass is 35.5. The maximum Gasteiger partial charge on any atom is 0.221 e. The van der Waals surface area contributed by atoms with E-state index in [9.17, 15) is 0 Å². The lowest BCUT2D eigenvalue weighted by atomic mass is 9.80. The molecule has 0 amide bonds. The van der Waals surface area contributed by atoms with Crippen LogP contribution in [0.3, 0.4) is 0 Å². The summed E-state index contributed by atoms with van der Waals surface area (Å²) in [7, 11) is 0. The molecule has 20 heavy (non-hydrogen) atoms. The first-order chi connectivity index (χ1) is 9.38. The molecule has 1 fully saturated rings. The van der Waals surface area contributed by atoms with Crippen molar-refractivity contribution >= 4 is 11.6 Å². The Hall–Kier alpha value is -0.830. The van der Waals surface area contributed by atoms with E-state index in [4.69, 9.17) is 16.3 Å². The number of halogens is 1. The van der Waals surface area contributed by atoms with Crippen molar-refractivity contribution in [2.45, 2.75) is 65.9 Å². The van der Waals surface area contributed by atoms with Crippen LogP contribution in [0.15, 0.2) is 0 Å². The van der Waals surface area contributed by atoms with Gasteiger partial charge < -0.3 is 4.74 Å². The van der Waals surface area contributed by atoms with Crippen LogP contribution in [0.2, 0.25) is 5.15 Å². The van der Waals surface area contributed by atoms with Crippen LogP contribution < -0.4 is 4.74 Å². The molecule has 4 heteroatoms. The summed E-state index contributed by atoms with van der Waals surface area (Å²) >= 11 is 6.20. The summed E-state index contributed by atoms with van der Waals surface area (Å²) in [6, 6.07) is 0. The molecule has 1 aliphatic carbocycles. The zero-order valence-corrected chi connectivity index (χ0v) is 13.9. The Bertz CT molecular complexity index is 476. The molecular weight excluding hydrogens is 272 g/mol. The van der Waals surface area contributed by atoms with Crippen molar-refractivity contribution < 1.29 is 4.74 Å². The van der Waals surface area contributed by atoms with Gasteiger partial charge in [-0.05, 0) is 38.0 Å². The van der Waals surface area contributed by atoms with E-state index < -0.39 is 0 Å². The molecule has 0 N–H and O–H groups in total. The molecule has 1 aliphatic rings. The Morgan fingerprint density at radius 2 is 1.85 bits per heavy atom. The number of hydrogen-bond donors (Lipinski definition) is 0. The normalized spacial score (nSPS) is 26.9. The zero-order valence-electron chi connectivity index (χ0n) is 13.1.